The fraction of sp³-hybridized carbons (Fsp3) is 0.118. The molecular weight excluding hydrogens is 340 g/mol. The molecule has 0 bridgehead atoms. The predicted molar refractivity (Wildman–Crippen MR) is 93.1 cm³/mol. The molecule has 1 aliphatic rings. The zero-order chi connectivity index (χ0) is 17.4. The van der Waals surface area contributed by atoms with Crippen molar-refractivity contribution in [2.75, 3.05) is 5.75 Å². The zero-order valence-electron chi connectivity index (χ0n) is 13.0. The van der Waals surface area contributed by atoms with Crippen LogP contribution in [0.15, 0.2) is 59.6 Å². The molecule has 25 heavy (non-hydrogen) atoms. The SMILES string of the molecule is O=S(=O)(O)CC1N=C(c2ccccc2)c2ccccc2-c2n[nH]nc21. The topological polar surface area (TPSA) is 108 Å². The Morgan fingerprint density at radius 1 is 0.960 bits per heavy atom. The highest BCUT2D eigenvalue weighted by Gasteiger charge is 2.30. The van der Waals surface area contributed by atoms with Gasteiger partial charge in [0.2, 0.25) is 0 Å². The van der Waals surface area contributed by atoms with Crippen molar-refractivity contribution < 1.29 is 13.0 Å². The summed E-state index contributed by atoms with van der Waals surface area (Å²) in [5.74, 6) is -0.559. The number of aliphatic imine (C=N–C) groups is 1. The van der Waals surface area contributed by atoms with E-state index < -0.39 is 21.9 Å². The number of benzene rings is 2. The Kier molecular flexibility index (Phi) is 3.70. The highest BCUT2D eigenvalue weighted by molar-refractivity contribution is 7.85. The molecule has 0 saturated heterocycles. The third kappa shape index (κ3) is 2.97. The molecule has 1 atom stereocenters. The number of hydrogen-bond donors (Lipinski definition) is 2. The Labute approximate surface area is 144 Å². The third-order valence-corrected chi connectivity index (χ3v) is 4.77. The van der Waals surface area contributed by atoms with Gasteiger partial charge >= 0.3 is 0 Å². The molecule has 2 aromatic carbocycles. The van der Waals surface area contributed by atoms with E-state index in [1.807, 2.05) is 54.6 Å². The van der Waals surface area contributed by atoms with E-state index in [9.17, 15) is 13.0 Å². The van der Waals surface area contributed by atoms with Crippen molar-refractivity contribution in [1.82, 2.24) is 15.4 Å². The maximum absolute atomic E-state index is 11.5. The second-order valence-electron chi connectivity index (χ2n) is 5.71. The van der Waals surface area contributed by atoms with E-state index in [0.29, 0.717) is 17.1 Å². The molecule has 126 valence electrons. The summed E-state index contributed by atoms with van der Waals surface area (Å²) in [4.78, 5) is 4.64. The van der Waals surface area contributed by atoms with Crippen LogP contribution in [0.4, 0.5) is 0 Å². The van der Waals surface area contributed by atoms with Crippen LogP contribution in [0.2, 0.25) is 0 Å². The minimum Gasteiger partial charge on any atom is -0.285 e. The van der Waals surface area contributed by atoms with E-state index in [1.54, 1.807) is 0 Å². The molecule has 1 aromatic heterocycles. The zero-order valence-corrected chi connectivity index (χ0v) is 13.8. The van der Waals surface area contributed by atoms with Crippen molar-refractivity contribution in [2.45, 2.75) is 6.04 Å². The maximum Gasteiger partial charge on any atom is 0.267 e. The molecule has 0 fully saturated rings. The molecule has 2 heterocycles. The summed E-state index contributed by atoms with van der Waals surface area (Å²) in [6, 6.07) is 16.2. The number of nitrogens with one attached hydrogen (secondary N) is 1. The van der Waals surface area contributed by atoms with Crippen LogP contribution in [0.3, 0.4) is 0 Å². The van der Waals surface area contributed by atoms with Gasteiger partial charge in [-0.05, 0) is 0 Å². The summed E-state index contributed by atoms with van der Waals surface area (Å²) in [5.41, 5.74) is 4.08. The minimum atomic E-state index is -4.24. The Hall–Kier alpha value is -2.84. The van der Waals surface area contributed by atoms with E-state index in [4.69, 9.17) is 0 Å². The maximum atomic E-state index is 11.5. The van der Waals surface area contributed by atoms with Crippen LogP contribution in [-0.2, 0) is 10.1 Å². The third-order valence-electron chi connectivity index (χ3n) is 4.03. The average Bonchev–Trinajstić information content (AvgIpc) is 3.04. The molecule has 7 nitrogen and oxygen atoms in total. The summed E-state index contributed by atoms with van der Waals surface area (Å²) < 4.78 is 32.3. The smallest absolute Gasteiger partial charge is 0.267 e. The Bertz CT molecular complexity index is 1060. The predicted octanol–water partition coefficient (Wildman–Crippen LogP) is 2.25. The first-order chi connectivity index (χ1) is 12.0. The molecule has 4 rings (SSSR count). The number of rotatable bonds is 3. The molecule has 1 unspecified atom stereocenters. The van der Waals surface area contributed by atoms with Crippen molar-refractivity contribution in [3.63, 3.8) is 0 Å². The van der Waals surface area contributed by atoms with Gasteiger partial charge in [-0.1, -0.05) is 54.6 Å². The quantitative estimate of drug-likeness (QED) is 0.701. The van der Waals surface area contributed by atoms with E-state index >= 15 is 0 Å². The highest BCUT2D eigenvalue weighted by Crippen LogP contribution is 2.35. The standard InChI is InChI=1S/C17H14N4O3S/c22-25(23,24)10-14-17-16(19-21-20-17)13-9-5-4-8-12(13)15(18-14)11-6-2-1-3-7-11/h1-9,14H,10H2,(H,19,20,21)(H,22,23,24). The fourth-order valence-corrected chi connectivity index (χ4v) is 3.63. The van der Waals surface area contributed by atoms with Crippen LogP contribution >= 0.6 is 0 Å². The van der Waals surface area contributed by atoms with E-state index in [2.05, 4.69) is 20.4 Å². The Balaban J connectivity index is 1.99. The van der Waals surface area contributed by atoms with Crippen LogP contribution in [0.25, 0.3) is 11.3 Å². The molecule has 8 heteroatoms. The number of H-pyrrole nitrogens is 1. The van der Waals surface area contributed by atoms with Crippen LogP contribution in [0.1, 0.15) is 22.9 Å². The summed E-state index contributed by atoms with van der Waals surface area (Å²) in [5, 5.41) is 10.8. The second-order valence-corrected chi connectivity index (χ2v) is 7.21. The van der Waals surface area contributed by atoms with Gasteiger partial charge in [-0.2, -0.15) is 23.8 Å². The second kappa shape index (κ2) is 5.91. The number of hydrogen-bond acceptors (Lipinski definition) is 5. The molecule has 3 aromatic rings. The summed E-state index contributed by atoms with van der Waals surface area (Å²) in [7, 11) is -4.24. The molecule has 1 aliphatic heterocycles. The molecule has 0 radical (unpaired) electrons. The lowest BCUT2D eigenvalue weighted by Crippen LogP contribution is -2.14. The van der Waals surface area contributed by atoms with Gasteiger partial charge in [0.15, 0.2) is 0 Å². The van der Waals surface area contributed by atoms with Gasteiger partial charge < -0.3 is 0 Å². The van der Waals surface area contributed by atoms with Crippen LogP contribution < -0.4 is 0 Å². The number of aromatic amines is 1. The normalized spacial score (nSPS) is 16.5. The molecule has 2 N–H and O–H groups in total. The van der Waals surface area contributed by atoms with Crippen LogP contribution in [0.5, 0.6) is 0 Å². The molecular formula is C17H14N4O3S. The van der Waals surface area contributed by atoms with Crippen molar-refractivity contribution >= 4 is 15.8 Å². The lowest BCUT2D eigenvalue weighted by Gasteiger charge is -2.11. The van der Waals surface area contributed by atoms with Gasteiger partial charge in [0, 0.05) is 16.7 Å². The monoisotopic (exact) mass is 354 g/mol. The molecule has 0 amide bonds. The summed E-state index contributed by atoms with van der Waals surface area (Å²) in [6.07, 6.45) is 0. The number of aromatic nitrogens is 3. The lowest BCUT2D eigenvalue weighted by atomic mass is 9.96. The van der Waals surface area contributed by atoms with Gasteiger partial charge in [0.1, 0.15) is 23.2 Å². The van der Waals surface area contributed by atoms with E-state index in [1.165, 1.54) is 0 Å². The first-order valence-electron chi connectivity index (χ1n) is 7.62. The number of fused-ring (bicyclic) bond motifs is 3. The van der Waals surface area contributed by atoms with E-state index in [-0.39, 0.29) is 0 Å². The first kappa shape index (κ1) is 15.7. The van der Waals surface area contributed by atoms with Gasteiger partial charge in [-0.25, -0.2) is 0 Å². The average molecular weight is 354 g/mol. The van der Waals surface area contributed by atoms with Crippen LogP contribution in [0, 0.1) is 0 Å². The van der Waals surface area contributed by atoms with Crippen molar-refractivity contribution in [3.05, 3.63) is 71.4 Å². The van der Waals surface area contributed by atoms with Gasteiger partial charge in [-0.15, -0.1) is 0 Å². The molecule has 0 aliphatic carbocycles. The minimum absolute atomic E-state index is 0.399. The largest absolute Gasteiger partial charge is 0.285 e. The number of nitrogens with zero attached hydrogens (tertiary/aromatic N) is 3. The highest BCUT2D eigenvalue weighted by atomic mass is 32.2. The fourth-order valence-electron chi connectivity index (χ4n) is 2.99. The summed E-state index contributed by atoms with van der Waals surface area (Å²) in [6.45, 7) is 0. The van der Waals surface area contributed by atoms with Crippen molar-refractivity contribution in [3.8, 4) is 11.3 Å². The molecule has 0 saturated carbocycles. The van der Waals surface area contributed by atoms with Crippen molar-refractivity contribution in [2.24, 2.45) is 4.99 Å². The Morgan fingerprint density at radius 3 is 2.36 bits per heavy atom. The van der Waals surface area contributed by atoms with Crippen molar-refractivity contribution in [1.29, 1.82) is 0 Å². The van der Waals surface area contributed by atoms with E-state index in [0.717, 1.165) is 16.7 Å². The molecule has 0 spiro atoms. The Morgan fingerprint density at radius 2 is 1.64 bits per heavy atom. The first-order valence-corrected chi connectivity index (χ1v) is 9.22. The van der Waals surface area contributed by atoms with Crippen LogP contribution in [-0.4, -0.2) is 39.8 Å². The lowest BCUT2D eigenvalue weighted by molar-refractivity contribution is 0.477. The van der Waals surface area contributed by atoms with Gasteiger partial charge in [0.25, 0.3) is 10.1 Å². The van der Waals surface area contributed by atoms with Gasteiger partial charge in [-0.3, -0.25) is 9.55 Å². The van der Waals surface area contributed by atoms with Gasteiger partial charge in [0.05, 0.1) is 5.71 Å². The summed E-state index contributed by atoms with van der Waals surface area (Å²) >= 11 is 0.